The van der Waals surface area contributed by atoms with Gasteiger partial charge in [0.2, 0.25) is 11.8 Å². The van der Waals surface area contributed by atoms with Crippen LogP contribution < -0.4 is 14.8 Å². The van der Waals surface area contributed by atoms with Crippen molar-refractivity contribution in [2.24, 2.45) is 5.92 Å². The Labute approximate surface area is 313 Å². The lowest BCUT2D eigenvalue weighted by Gasteiger charge is -2.37. The maximum absolute atomic E-state index is 13.7. The number of nitrogens with one attached hydrogen (secondary N) is 1. The number of esters is 1. The predicted octanol–water partition coefficient (Wildman–Crippen LogP) is 4.60. The van der Waals surface area contributed by atoms with E-state index >= 15 is 0 Å². The quantitative estimate of drug-likeness (QED) is 0.106. The van der Waals surface area contributed by atoms with E-state index in [0.717, 1.165) is 21.6 Å². The second kappa shape index (κ2) is 16.8. The third-order valence-corrected chi connectivity index (χ3v) is 9.97. The third-order valence-electron chi connectivity index (χ3n) is 9.97. The van der Waals surface area contributed by atoms with Gasteiger partial charge in [0, 0.05) is 38.9 Å². The first-order valence-electron chi connectivity index (χ1n) is 17.8. The van der Waals surface area contributed by atoms with Crippen molar-refractivity contribution in [1.82, 2.24) is 15.1 Å². The Morgan fingerprint density at radius 1 is 0.704 bits per heavy atom. The smallest absolute Gasteiger partial charge is 0.306 e. The number of rotatable bonds is 15. The van der Waals surface area contributed by atoms with Gasteiger partial charge in [0.25, 0.3) is 11.8 Å². The summed E-state index contributed by atoms with van der Waals surface area (Å²) in [6, 6.07) is 31.5. The van der Waals surface area contributed by atoms with Crippen molar-refractivity contribution in [2.45, 2.75) is 31.0 Å². The number of likely N-dealkylation sites (tertiary alicyclic amines) is 1. The summed E-state index contributed by atoms with van der Waals surface area (Å²) in [7, 11) is 4.69. The van der Waals surface area contributed by atoms with Crippen LogP contribution in [-0.2, 0) is 29.5 Å². The maximum atomic E-state index is 13.7. The molecule has 2 aliphatic heterocycles. The van der Waals surface area contributed by atoms with E-state index in [1.165, 1.54) is 7.05 Å². The average molecular weight is 734 g/mol. The minimum absolute atomic E-state index is 0.0434. The molecule has 1 saturated heterocycles. The monoisotopic (exact) mass is 733 g/mol. The molecule has 0 spiro atoms. The first kappa shape index (κ1) is 37.7. The van der Waals surface area contributed by atoms with Gasteiger partial charge >= 0.3 is 5.97 Å². The molecule has 1 N–H and O–H groups in total. The van der Waals surface area contributed by atoms with Crippen LogP contribution in [0.5, 0.6) is 11.5 Å². The van der Waals surface area contributed by atoms with Crippen LogP contribution in [0.3, 0.4) is 0 Å². The normalized spacial score (nSPS) is 16.6. The predicted molar refractivity (Wildman–Crippen MR) is 198 cm³/mol. The van der Waals surface area contributed by atoms with Crippen molar-refractivity contribution in [2.75, 3.05) is 47.5 Å². The van der Waals surface area contributed by atoms with Crippen molar-refractivity contribution >= 4 is 29.6 Å². The topological polar surface area (TPSA) is 141 Å². The van der Waals surface area contributed by atoms with E-state index < -0.39 is 35.4 Å². The Bertz CT molecular complexity index is 1900. The largest absolute Gasteiger partial charge is 0.497 e. The molecular weight excluding hydrogens is 690 g/mol. The Hall–Kier alpha value is -6.01. The van der Waals surface area contributed by atoms with Crippen LogP contribution in [0.15, 0.2) is 103 Å². The summed E-state index contributed by atoms with van der Waals surface area (Å²) in [5, 5.41) is 2.50. The molecule has 4 amide bonds. The van der Waals surface area contributed by atoms with Gasteiger partial charge in [0.1, 0.15) is 23.2 Å². The first-order chi connectivity index (χ1) is 26.2. The summed E-state index contributed by atoms with van der Waals surface area (Å²) in [6.45, 7) is 0.225. The number of carbonyl (C=O) groups excluding carboxylic acids is 5. The molecule has 2 heterocycles. The molecule has 6 rings (SSSR count). The van der Waals surface area contributed by atoms with Gasteiger partial charge in [0.05, 0.1) is 44.9 Å². The second-order valence-corrected chi connectivity index (χ2v) is 13.1. The number of amides is 4. The first-order valence-corrected chi connectivity index (χ1v) is 17.8. The standard InChI is InChI=1S/C42H43N3O9/c1-43-37(46)21-22-39(48)54-36-26-44(38(47)23-24-45-40(49)34-11-7-8-12-35(34)41(45)50)25-28(36)27-53-42(29-9-5-4-6-10-29,30-13-17-32(51-2)18-14-30)31-15-19-33(52-3)20-16-31/h4-20,28,36H,21-27H2,1-3H3,(H,43,46)/t28?,36-/m0/s1. The fourth-order valence-corrected chi connectivity index (χ4v) is 7.02. The number of fused-ring (bicyclic) bond motifs is 1. The number of hydrogen-bond acceptors (Lipinski definition) is 9. The zero-order valence-electron chi connectivity index (χ0n) is 30.5. The summed E-state index contributed by atoms with van der Waals surface area (Å²) in [4.78, 5) is 67.3. The molecule has 0 aliphatic carbocycles. The SMILES string of the molecule is CNC(=O)CCC(=O)O[C@H]1CN(C(=O)CCN2C(=O)c3ccccc3C2=O)CC1COC(c1ccccc1)(c1ccc(OC)cc1)c1ccc(OC)cc1. The highest BCUT2D eigenvalue weighted by Gasteiger charge is 2.43. The molecule has 0 aromatic heterocycles. The molecule has 2 aliphatic rings. The van der Waals surface area contributed by atoms with Crippen LogP contribution in [0.25, 0.3) is 0 Å². The Morgan fingerprint density at radius 3 is 1.78 bits per heavy atom. The lowest BCUT2D eigenvalue weighted by atomic mass is 9.80. The van der Waals surface area contributed by atoms with Crippen molar-refractivity contribution < 1.29 is 42.9 Å². The van der Waals surface area contributed by atoms with E-state index in [1.807, 2.05) is 78.9 Å². The minimum Gasteiger partial charge on any atom is -0.497 e. The highest BCUT2D eigenvalue weighted by Crippen LogP contribution is 2.42. The lowest BCUT2D eigenvalue weighted by molar-refractivity contribution is -0.153. The summed E-state index contributed by atoms with van der Waals surface area (Å²) in [6.07, 6.45) is -1.05. The minimum atomic E-state index is -1.16. The number of nitrogens with zero attached hydrogens (tertiary/aromatic N) is 2. The molecule has 1 unspecified atom stereocenters. The van der Waals surface area contributed by atoms with Crippen molar-refractivity contribution in [3.05, 3.63) is 131 Å². The zero-order valence-corrected chi connectivity index (χ0v) is 30.5. The summed E-state index contributed by atoms with van der Waals surface area (Å²) in [5.74, 6) is -1.18. The van der Waals surface area contributed by atoms with Gasteiger partial charge in [-0.25, -0.2) is 0 Å². The van der Waals surface area contributed by atoms with E-state index in [0.29, 0.717) is 22.6 Å². The molecule has 0 saturated carbocycles. The van der Waals surface area contributed by atoms with E-state index in [-0.39, 0.29) is 57.3 Å². The van der Waals surface area contributed by atoms with Gasteiger partial charge in [0.15, 0.2) is 0 Å². The highest BCUT2D eigenvalue weighted by atomic mass is 16.6. The molecule has 0 bridgehead atoms. The number of imide groups is 1. The van der Waals surface area contributed by atoms with Gasteiger partial charge in [-0.05, 0) is 53.1 Å². The maximum Gasteiger partial charge on any atom is 0.306 e. The molecule has 0 radical (unpaired) electrons. The second-order valence-electron chi connectivity index (χ2n) is 13.1. The van der Waals surface area contributed by atoms with Crippen LogP contribution in [0.1, 0.15) is 56.7 Å². The van der Waals surface area contributed by atoms with Gasteiger partial charge in [-0.3, -0.25) is 28.9 Å². The molecule has 2 atom stereocenters. The Balaban J connectivity index is 1.28. The van der Waals surface area contributed by atoms with Gasteiger partial charge in [-0.2, -0.15) is 0 Å². The highest BCUT2D eigenvalue weighted by molar-refractivity contribution is 6.21. The summed E-state index contributed by atoms with van der Waals surface area (Å²) >= 11 is 0. The number of benzene rings is 4. The van der Waals surface area contributed by atoms with Crippen LogP contribution in [0.2, 0.25) is 0 Å². The number of hydrogen-bond donors (Lipinski definition) is 1. The molecule has 280 valence electrons. The molecule has 54 heavy (non-hydrogen) atoms. The van der Waals surface area contributed by atoms with Crippen molar-refractivity contribution in [3.8, 4) is 11.5 Å². The van der Waals surface area contributed by atoms with Crippen molar-refractivity contribution in [1.29, 1.82) is 0 Å². The van der Waals surface area contributed by atoms with E-state index in [9.17, 15) is 24.0 Å². The van der Waals surface area contributed by atoms with Gasteiger partial charge in [-0.15, -0.1) is 0 Å². The fraction of sp³-hybridized carbons (Fsp3) is 0.310. The van der Waals surface area contributed by atoms with Gasteiger partial charge in [-0.1, -0.05) is 66.7 Å². The van der Waals surface area contributed by atoms with E-state index in [4.69, 9.17) is 18.9 Å². The van der Waals surface area contributed by atoms with E-state index in [2.05, 4.69) is 5.32 Å². The van der Waals surface area contributed by atoms with E-state index in [1.54, 1.807) is 43.4 Å². The summed E-state index contributed by atoms with van der Waals surface area (Å²) in [5.41, 5.74) is 1.93. The molecular formula is C42H43N3O9. The van der Waals surface area contributed by atoms with Crippen LogP contribution in [-0.4, -0.2) is 93.0 Å². The van der Waals surface area contributed by atoms with Crippen LogP contribution >= 0.6 is 0 Å². The third kappa shape index (κ3) is 7.84. The van der Waals surface area contributed by atoms with Gasteiger partial charge < -0.3 is 29.2 Å². The number of carbonyl (C=O) groups is 5. The average Bonchev–Trinajstić information content (AvgIpc) is 3.73. The Kier molecular flexibility index (Phi) is 11.7. The van der Waals surface area contributed by atoms with Crippen molar-refractivity contribution in [3.63, 3.8) is 0 Å². The molecule has 4 aromatic carbocycles. The summed E-state index contributed by atoms with van der Waals surface area (Å²) < 4.78 is 24.0. The number of ether oxygens (including phenoxy) is 4. The lowest BCUT2D eigenvalue weighted by Crippen LogP contribution is -2.37. The zero-order chi connectivity index (χ0) is 38.2. The Morgan fingerprint density at radius 2 is 1.24 bits per heavy atom. The molecule has 1 fully saturated rings. The molecule has 4 aromatic rings. The molecule has 12 nitrogen and oxygen atoms in total. The van der Waals surface area contributed by atoms with Crippen LogP contribution in [0, 0.1) is 5.92 Å². The van der Waals surface area contributed by atoms with Crippen LogP contribution in [0.4, 0.5) is 0 Å². The number of methoxy groups -OCH3 is 2. The molecule has 12 heteroatoms. The fourth-order valence-electron chi connectivity index (χ4n) is 7.02.